The van der Waals surface area contributed by atoms with Crippen molar-refractivity contribution in [2.45, 2.75) is 39.3 Å². The summed E-state index contributed by atoms with van der Waals surface area (Å²) in [6.45, 7) is 8.12. The van der Waals surface area contributed by atoms with E-state index in [4.69, 9.17) is 4.74 Å². The minimum atomic E-state index is -4.79. The van der Waals surface area contributed by atoms with Crippen LogP contribution in [0.1, 0.15) is 37.5 Å². The molecule has 34 heavy (non-hydrogen) atoms. The molecule has 0 bridgehead atoms. The second-order valence-electron chi connectivity index (χ2n) is 8.94. The third-order valence-corrected chi connectivity index (χ3v) is 6.37. The summed E-state index contributed by atoms with van der Waals surface area (Å²) in [7, 11) is 1.94. The Morgan fingerprint density at radius 3 is 1.97 bits per heavy atom. The number of carbonyl (C=O) groups is 1. The van der Waals surface area contributed by atoms with Crippen molar-refractivity contribution in [2.75, 3.05) is 33.2 Å². The standard InChI is InChI=1S/C25H31F3N2O4/c1-5-30(6-2)22(31)33-15-18-7-9-19(10-8-18)24(32,23(3)16-29(4)17-23)20-11-13-21(14-12-20)34-25(26,27)28/h7-14,32H,5-6,15-17H2,1-4H3/t24-/m1/s1. The third kappa shape index (κ3) is 5.31. The van der Waals surface area contributed by atoms with E-state index in [1.165, 1.54) is 24.3 Å². The van der Waals surface area contributed by atoms with Gasteiger partial charge in [-0.1, -0.05) is 43.3 Å². The van der Waals surface area contributed by atoms with E-state index in [0.717, 1.165) is 5.56 Å². The van der Waals surface area contributed by atoms with Crippen molar-refractivity contribution in [1.29, 1.82) is 0 Å². The van der Waals surface area contributed by atoms with Crippen molar-refractivity contribution >= 4 is 6.09 Å². The molecule has 1 N–H and O–H groups in total. The van der Waals surface area contributed by atoms with Gasteiger partial charge in [-0.3, -0.25) is 0 Å². The highest BCUT2D eigenvalue weighted by Gasteiger charge is 2.55. The summed E-state index contributed by atoms with van der Waals surface area (Å²) < 4.78 is 47.0. The zero-order chi connectivity index (χ0) is 25.1. The lowest BCUT2D eigenvalue weighted by molar-refractivity contribution is -0.274. The number of hydrogen-bond acceptors (Lipinski definition) is 5. The smallest absolute Gasteiger partial charge is 0.445 e. The summed E-state index contributed by atoms with van der Waals surface area (Å²) in [6.07, 6.45) is -5.18. The molecule has 1 amide bonds. The molecule has 1 heterocycles. The van der Waals surface area contributed by atoms with Crippen LogP contribution in [0.2, 0.25) is 0 Å². The predicted octanol–water partition coefficient (Wildman–Crippen LogP) is 4.75. The Bertz CT molecular complexity index is 969. The van der Waals surface area contributed by atoms with E-state index in [0.29, 0.717) is 37.3 Å². The number of carbonyl (C=O) groups excluding carboxylic acids is 1. The molecule has 0 radical (unpaired) electrons. The Morgan fingerprint density at radius 1 is 1.03 bits per heavy atom. The Morgan fingerprint density at radius 2 is 1.53 bits per heavy atom. The average molecular weight is 481 g/mol. The molecule has 1 aliphatic heterocycles. The molecule has 186 valence electrons. The van der Waals surface area contributed by atoms with E-state index in [9.17, 15) is 23.1 Å². The maximum Gasteiger partial charge on any atom is 0.573 e. The first-order valence-corrected chi connectivity index (χ1v) is 11.2. The van der Waals surface area contributed by atoms with Crippen LogP contribution in [-0.2, 0) is 16.9 Å². The van der Waals surface area contributed by atoms with Crippen molar-refractivity contribution in [3.63, 3.8) is 0 Å². The largest absolute Gasteiger partial charge is 0.573 e. The number of alkyl halides is 3. The summed E-state index contributed by atoms with van der Waals surface area (Å²) in [5.41, 5.74) is -0.182. The molecule has 1 saturated heterocycles. The van der Waals surface area contributed by atoms with Crippen molar-refractivity contribution in [2.24, 2.45) is 5.41 Å². The zero-order valence-electron chi connectivity index (χ0n) is 19.9. The highest BCUT2D eigenvalue weighted by molar-refractivity contribution is 5.67. The van der Waals surface area contributed by atoms with Gasteiger partial charge in [0.05, 0.1) is 0 Å². The fourth-order valence-corrected chi connectivity index (χ4v) is 4.70. The lowest BCUT2D eigenvalue weighted by Gasteiger charge is -2.56. The number of halogens is 3. The second-order valence-corrected chi connectivity index (χ2v) is 8.94. The van der Waals surface area contributed by atoms with Gasteiger partial charge in [0.1, 0.15) is 18.0 Å². The normalized spacial score (nSPS) is 17.4. The van der Waals surface area contributed by atoms with Crippen molar-refractivity contribution in [3.05, 3.63) is 65.2 Å². The molecule has 3 rings (SSSR count). The predicted molar refractivity (Wildman–Crippen MR) is 121 cm³/mol. The molecule has 6 nitrogen and oxygen atoms in total. The lowest BCUT2D eigenvalue weighted by Crippen LogP contribution is -2.63. The van der Waals surface area contributed by atoms with Gasteiger partial charge in [0.2, 0.25) is 0 Å². The molecule has 2 aromatic rings. The number of nitrogens with zero attached hydrogens (tertiary/aromatic N) is 2. The molecule has 1 aliphatic rings. The van der Waals surface area contributed by atoms with Crippen molar-refractivity contribution in [1.82, 2.24) is 9.80 Å². The van der Waals surface area contributed by atoms with E-state index >= 15 is 0 Å². The van der Waals surface area contributed by atoms with Gasteiger partial charge in [0.15, 0.2) is 0 Å². The highest BCUT2D eigenvalue weighted by atomic mass is 19.4. The Kier molecular flexibility index (Phi) is 7.47. The minimum Gasteiger partial charge on any atom is -0.445 e. The molecule has 1 fully saturated rings. The monoisotopic (exact) mass is 480 g/mol. The van der Waals surface area contributed by atoms with Gasteiger partial charge in [0, 0.05) is 31.6 Å². The molecule has 0 spiro atoms. The average Bonchev–Trinajstić information content (AvgIpc) is 2.76. The molecule has 0 aliphatic carbocycles. The SMILES string of the molecule is CCN(CC)C(=O)OCc1ccc([C@@](O)(c2ccc(OC(F)(F)F)cc2)C2(C)CN(C)C2)cc1. The highest BCUT2D eigenvalue weighted by Crippen LogP contribution is 2.50. The van der Waals surface area contributed by atoms with Crippen LogP contribution in [0.25, 0.3) is 0 Å². The first-order valence-electron chi connectivity index (χ1n) is 11.2. The summed E-state index contributed by atoms with van der Waals surface area (Å²) in [6, 6.07) is 12.4. The maximum atomic E-state index is 12.6. The summed E-state index contributed by atoms with van der Waals surface area (Å²) in [4.78, 5) is 15.7. The molecular weight excluding hydrogens is 449 g/mol. The maximum absolute atomic E-state index is 12.6. The number of likely N-dealkylation sites (tertiary alicyclic amines) is 1. The van der Waals surface area contributed by atoms with E-state index < -0.39 is 23.5 Å². The van der Waals surface area contributed by atoms with Gasteiger partial charge in [-0.05, 0) is 49.7 Å². The van der Waals surface area contributed by atoms with Crippen LogP contribution >= 0.6 is 0 Å². The third-order valence-electron chi connectivity index (χ3n) is 6.37. The van der Waals surface area contributed by atoms with Crippen LogP contribution < -0.4 is 4.74 Å². The van der Waals surface area contributed by atoms with Crippen molar-refractivity contribution in [3.8, 4) is 5.75 Å². The summed E-state index contributed by atoms with van der Waals surface area (Å²) in [5.74, 6) is -0.347. The lowest BCUT2D eigenvalue weighted by atomic mass is 9.62. The quantitative estimate of drug-likeness (QED) is 0.591. The van der Waals surface area contributed by atoms with Gasteiger partial charge in [-0.2, -0.15) is 0 Å². The fraction of sp³-hybridized carbons (Fsp3) is 0.480. The molecule has 2 aromatic carbocycles. The number of aliphatic hydroxyl groups is 1. The number of hydrogen-bond donors (Lipinski definition) is 1. The molecule has 9 heteroatoms. The summed E-state index contributed by atoms with van der Waals surface area (Å²) >= 11 is 0. The van der Waals surface area contributed by atoms with Gasteiger partial charge in [0.25, 0.3) is 0 Å². The van der Waals surface area contributed by atoms with Crippen LogP contribution in [-0.4, -0.2) is 60.6 Å². The van der Waals surface area contributed by atoms with E-state index in [1.807, 2.05) is 27.8 Å². The first kappa shape index (κ1) is 25.8. The number of benzene rings is 2. The Labute approximate surface area is 197 Å². The van der Waals surface area contributed by atoms with Crippen molar-refractivity contribution < 1.29 is 32.5 Å². The van der Waals surface area contributed by atoms with Crippen LogP contribution in [0.3, 0.4) is 0 Å². The van der Waals surface area contributed by atoms with Gasteiger partial charge >= 0.3 is 12.5 Å². The second kappa shape index (κ2) is 9.84. The molecule has 0 saturated carbocycles. The minimum absolute atomic E-state index is 0.0948. The van der Waals surface area contributed by atoms with Gasteiger partial charge < -0.3 is 24.4 Å². The molecule has 1 atom stereocenters. The Balaban J connectivity index is 1.86. The van der Waals surface area contributed by atoms with E-state index in [-0.39, 0.29) is 12.4 Å². The topological polar surface area (TPSA) is 62.2 Å². The zero-order valence-corrected chi connectivity index (χ0v) is 19.9. The molecule has 0 aromatic heterocycles. The number of ether oxygens (including phenoxy) is 2. The number of rotatable bonds is 8. The fourth-order valence-electron chi connectivity index (χ4n) is 4.70. The first-order chi connectivity index (χ1) is 15.9. The van der Waals surface area contributed by atoms with Crippen LogP contribution in [0.5, 0.6) is 5.75 Å². The van der Waals surface area contributed by atoms with Gasteiger partial charge in [-0.25, -0.2) is 4.79 Å². The van der Waals surface area contributed by atoms with Crippen LogP contribution in [0.15, 0.2) is 48.5 Å². The van der Waals surface area contributed by atoms with Crippen LogP contribution in [0, 0.1) is 5.41 Å². The molecule has 0 unspecified atom stereocenters. The summed E-state index contributed by atoms with van der Waals surface area (Å²) in [5, 5.41) is 12.0. The number of amides is 1. The van der Waals surface area contributed by atoms with Gasteiger partial charge in [-0.15, -0.1) is 13.2 Å². The molecular formula is C25H31F3N2O4. The van der Waals surface area contributed by atoms with E-state index in [1.54, 1.807) is 29.2 Å². The van der Waals surface area contributed by atoms with E-state index in [2.05, 4.69) is 9.64 Å². The Hall–Kier alpha value is -2.78. The van der Waals surface area contributed by atoms with Crippen LogP contribution in [0.4, 0.5) is 18.0 Å².